The average Bonchev–Trinajstić information content (AvgIpc) is 2.44. The zero-order valence-corrected chi connectivity index (χ0v) is 12.1. The maximum Gasteiger partial charge on any atom is 0.263 e. The number of rotatable bonds is 6. The highest BCUT2D eigenvalue weighted by atomic mass is 32.2. The maximum atomic E-state index is 13.1. The third-order valence-corrected chi connectivity index (χ3v) is 3.95. The van der Waals surface area contributed by atoms with Crippen molar-refractivity contribution in [3.63, 3.8) is 0 Å². The van der Waals surface area contributed by atoms with Crippen molar-refractivity contribution in [1.82, 2.24) is 4.98 Å². The molecule has 1 heterocycles. The standard InChI is InChI=1S/C13H13F2N3O3S/c14-9-5-10(15)7-11(6-9)18-22(20,21)12-1-2-13(17-8-12)16-3-4-19/h1-2,5-8,18-19H,3-4H2,(H,16,17). The lowest BCUT2D eigenvalue weighted by Gasteiger charge is -2.09. The first-order valence-corrected chi connectivity index (χ1v) is 7.69. The second-order valence-electron chi connectivity index (χ2n) is 4.29. The molecule has 3 N–H and O–H groups in total. The number of aliphatic hydroxyl groups excluding tert-OH is 1. The highest BCUT2D eigenvalue weighted by molar-refractivity contribution is 7.92. The van der Waals surface area contributed by atoms with E-state index in [1.807, 2.05) is 0 Å². The van der Waals surface area contributed by atoms with Crippen molar-refractivity contribution in [3.05, 3.63) is 48.2 Å². The van der Waals surface area contributed by atoms with Gasteiger partial charge in [0.25, 0.3) is 10.0 Å². The van der Waals surface area contributed by atoms with Crippen LogP contribution in [-0.2, 0) is 10.0 Å². The smallest absolute Gasteiger partial charge is 0.263 e. The predicted molar refractivity (Wildman–Crippen MR) is 77.0 cm³/mol. The topological polar surface area (TPSA) is 91.3 Å². The SMILES string of the molecule is O=S(=O)(Nc1cc(F)cc(F)c1)c1ccc(NCCO)nc1. The Morgan fingerprint density at radius 2 is 1.82 bits per heavy atom. The van der Waals surface area contributed by atoms with Gasteiger partial charge in [0, 0.05) is 18.8 Å². The third-order valence-electron chi connectivity index (χ3n) is 2.58. The number of pyridine rings is 1. The van der Waals surface area contributed by atoms with Gasteiger partial charge in [0.05, 0.1) is 12.3 Å². The van der Waals surface area contributed by atoms with Gasteiger partial charge in [0.1, 0.15) is 22.3 Å². The van der Waals surface area contributed by atoms with Gasteiger partial charge in [-0.1, -0.05) is 0 Å². The van der Waals surface area contributed by atoms with Crippen LogP contribution in [0.5, 0.6) is 0 Å². The van der Waals surface area contributed by atoms with E-state index >= 15 is 0 Å². The van der Waals surface area contributed by atoms with Gasteiger partial charge < -0.3 is 10.4 Å². The van der Waals surface area contributed by atoms with E-state index in [2.05, 4.69) is 15.0 Å². The molecule has 9 heteroatoms. The fraction of sp³-hybridized carbons (Fsp3) is 0.154. The molecule has 0 aliphatic carbocycles. The molecule has 2 aromatic rings. The van der Waals surface area contributed by atoms with E-state index in [9.17, 15) is 17.2 Å². The molecule has 0 saturated heterocycles. The monoisotopic (exact) mass is 329 g/mol. The van der Waals surface area contributed by atoms with Gasteiger partial charge in [-0.2, -0.15) is 0 Å². The number of halogens is 2. The van der Waals surface area contributed by atoms with Gasteiger partial charge >= 0.3 is 0 Å². The summed E-state index contributed by atoms with van der Waals surface area (Å²) in [6.45, 7) is 0.189. The molecule has 0 amide bonds. The molecule has 1 aromatic heterocycles. The number of sulfonamides is 1. The second-order valence-corrected chi connectivity index (χ2v) is 5.98. The molecular formula is C13H13F2N3O3S. The quantitative estimate of drug-likeness (QED) is 0.748. The first-order valence-electron chi connectivity index (χ1n) is 6.20. The minimum atomic E-state index is -4.01. The Balaban J connectivity index is 2.19. The van der Waals surface area contributed by atoms with E-state index in [0.29, 0.717) is 11.9 Å². The lowest BCUT2D eigenvalue weighted by atomic mass is 10.3. The predicted octanol–water partition coefficient (Wildman–Crippen LogP) is 1.56. The summed E-state index contributed by atoms with van der Waals surface area (Å²) < 4.78 is 52.4. The van der Waals surface area contributed by atoms with Crippen LogP contribution in [0.1, 0.15) is 0 Å². The van der Waals surface area contributed by atoms with Gasteiger partial charge in [-0.05, 0) is 24.3 Å². The summed E-state index contributed by atoms with van der Waals surface area (Å²) in [4.78, 5) is 3.71. The lowest BCUT2D eigenvalue weighted by molar-refractivity contribution is 0.311. The van der Waals surface area contributed by atoms with Gasteiger partial charge in [-0.25, -0.2) is 22.2 Å². The molecular weight excluding hydrogens is 316 g/mol. The third kappa shape index (κ3) is 4.12. The Labute approximate surface area is 125 Å². The molecule has 22 heavy (non-hydrogen) atoms. The number of aromatic nitrogens is 1. The van der Waals surface area contributed by atoms with Crippen molar-refractivity contribution in [2.75, 3.05) is 23.2 Å². The zero-order valence-electron chi connectivity index (χ0n) is 11.3. The van der Waals surface area contributed by atoms with Crippen LogP contribution >= 0.6 is 0 Å². The Kier molecular flexibility index (Phi) is 4.88. The number of aliphatic hydroxyl groups is 1. The van der Waals surface area contributed by atoms with Crippen LogP contribution in [0.4, 0.5) is 20.3 Å². The Morgan fingerprint density at radius 3 is 2.36 bits per heavy atom. The summed E-state index contributed by atoms with van der Waals surface area (Å²) >= 11 is 0. The number of hydrogen-bond donors (Lipinski definition) is 3. The van der Waals surface area contributed by atoms with E-state index in [4.69, 9.17) is 5.11 Å². The van der Waals surface area contributed by atoms with E-state index in [-0.39, 0.29) is 23.7 Å². The number of anilines is 2. The Morgan fingerprint density at radius 1 is 1.14 bits per heavy atom. The minimum absolute atomic E-state index is 0.0889. The van der Waals surface area contributed by atoms with Crippen molar-refractivity contribution < 1.29 is 22.3 Å². The average molecular weight is 329 g/mol. The van der Waals surface area contributed by atoms with Crippen LogP contribution in [0.15, 0.2) is 41.4 Å². The van der Waals surface area contributed by atoms with Crippen molar-refractivity contribution in [3.8, 4) is 0 Å². The van der Waals surface area contributed by atoms with Crippen molar-refractivity contribution >= 4 is 21.5 Å². The molecule has 118 valence electrons. The number of nitrogens with zero attached hydrogens (tertiary/aromatic N) is 1. The molecule has 0 spiro atoms. The van der Waals surface area contributed by atoms with E-state index < -0.39 is 21.7 Å². The summed E-state index contributed by atoms with van der Waals surface area (Å²) in [7, 11) is -4.01. The Bertz CT molecular complexity index is 731. The van der Waals surface area contributed by atoms with E-state index in [1.165, 1.54) is 12.1 Å². The molecule has 0 aliphatic heterocycles. The van der Waals surface area contributed by atoms with Crippen LogP contribution in [0.25, 0.3) is 0 Å². The maximum absolute atomic E-state index is 13.1. The van der Waals surface area contributed by atoms with Crippen LogP contribution in [-0.4, -0.2) is 31.7 Å². The molecule has 0 unspecified atom stereocenters. The first kappa shape index (κ1) is 16.1. The van der Waals surface area contributed by atoms with Crippen molar-refractivity contribution in [2.45, 2.75) is 4.90 Å². The normalized spacial score (nSPS) is 11.2. The van der Waals surface area contributed by atoms with Gasteiger partial charge in [0.15, 0.2) is 0 Å². The lowest BCUT2D eigenvalue weighted by Crippen LogP contribution is -2.14. The fourth-order valence-corrected chi connectivity index (χ4v) is 2.64. The summed E-state index contributed by atoms with van der Waals surface area (Å²) in [5, 5.41) is 11.4. The van der Waals surface area contributed by atoms with Crippen molar-refractivity contribution in [1.29, 1.82) is 0 Å². The number of benzene rings is 1. The first-order chi connectivity index (χ1) is 10.4. The molecule has 0 atom stereocenters. The summed E-state index contributed by atoms with van der Waals surface area (Å²) in [5.74, 6) is -1.39. The molecule has 0 aliphatic rings. The Hall–Kier alpha value is -2.26. The van der Waals surface area contributed by atoms with Crippen molar-refractivity contribution in [2.24, 2.45) is 0 Å². The molecule has 2 rings (SSSR count). The van der Waals surface area contributed by atoms with Crippen LogP contribution in [0.3, 0.4) is 0 Å². The number of hydrogen-bond acceptors (Lipinski definition) is 5. The van der Waals surface area contributed by atoms with Crippen LogP contribution in [0.2, 0.25) is 0 Å². The van der Waals surface area contributed by atoms with Crippen LogP contribution in [0, 0.1) is 11.6 Å². The van der Waals surface area contributed by atoms with Gasteiger partial charge in [-0.15, -0.1) is 0 Å². The molecule has 0 radical (unpaired) electrons. The van der Waals surface area contributed by atoms with E-state index in [0.717, 1.165) is 18.3 Å². The molecule has 6 nitrogen and oxygen atoms in total. The summed E-state index contributed by atoms with van der Waals surface area (Å²) in [6, 6.07) is 5.07. The second kappa shape index (κ2) is 6.67. The summed E-state index contributed by atoms with van der Waals surface area (Å²) in [6.07, 6.45) is 1.09. The molecule has 1 aromatic carbocycles. The molecule has 0 saturated carbocycles. The number of nitrogens with one attached hydrogen (secondary N) is 2. The van der Waals surface area contributed by atoms with E-state index in [1.54, 1.807) is 0 Å². The largest absolute Gasteiger partial charge is 0.395 e. The fourth-order valence-electron chi connectivity index (χ4n) is 1.65. The highest BCUT2D eigenvalue weighted by Crippen LogP contribution is 2.18. The van der Waals surface area contributed by atoms with Crippen LogP contribution < -0.4 is 10.0 Å². The summed E-state index contributed by atoms with van der Waals surface area (Å²) in [5.41, 5.74) is -0.222. The molecule has 0 bridgehead atoms. The zero-order chi connectivity index (χ0) is 16.2. The van der Waals surface area contributed by atoms with Gasteiger partial charge in [0.2, 0.25) is 0 Å². The van der Waals surface area contributed by atoms with Gasteiger partial charge in [-0.3, -0.25) is 4.72 Å². The highest BCUT2D eigenvalue weighted by Gasteiger charge is 2.15. The molecule has 0 fully saturated rings. The minimum Gasteiger partial charge on any atom is -0.395 e.